The lowest BCUT2D eigenvalue weighted by Gasteiger charge is -2.01. The number of aryl methyl sites for hydroxylation is 1. The van der Waals surface area contributed by atoms with E-state index in [1.54, 1.807) is 12.1 Å². The molecule has 2 aromatic carbocycles. The molecule has 0 spiro atoms. The van der Waals surface area contributed by atoms with Gasteiger partial charge in [-0.25, -0.2) is 4.68 Å². The molecule has 152 valence electrons. The number of benzene rings is 2. The van der Waals surface area contributed by atoms with Gasteiger partial charge in [0.25, 0.3) is 11.2 Å². The van der Waals surface area contributed by atoms with Crippen LogP contribution in [0.15, 0.2) is 64.5 Å². The predicted molar refractivity (Wildman–Crippen MR) is 117 cm³/mol. The molecule has 0 aliphatic carbocycles. The number of para-hydroxylation sites is 1. The highest BCUT2D eigenvalue weighted by atomic mass is 16.6. The fourth-order valence-corrected chi connectivity index (χ4v) is 3.64. The number of aromatic amines is 2. The van der Waals surface area contributed by atoms with Gasteiger partial charge in [-0.15, -0.1) is 0 Å². The molecule has 0 fully saturated rings. The van der Waals surface area contributed by atoms with Gasteiger partial charge >= 0.3 is 0 Å². The van der Waals surface area contributed by atoms with Crippen molar-refractivity contribution in [3.8, 4) is 5.69 Å². The second-order valence-corrected chi connectivity index (χ2v) is 7.10. The van der Waals surface area contributed by atoms with Crippen LogP contribution in [0.25, 0.3) is 16.6 Å². The minimum Gasteiger partial charge on any atom is -0.361 e. The van der Waals surface area contributed by atoms with E-state index in [0.29, 0.717) is 29.2 Å². The van der Waals surface area contributed by atoms with E-state index in [1.807, 2.05) is 38.2 Å². The van der Waals surface area contributed by atoms with Crippen LogP contribution < -0.4 is 5.56 Å². The van der Waals surface area contributed by atoms with Gasteiger partial charge in [0.2, 0.25) is 0 Å². The molecule has 2 heterocycles. The molecule has 2 N–H and O–H groups in total. The van der Waals surface area contributed by atoms with Gasteiger partial charge in [0.05, 0.1) is 16.2 Å². The van der Waals surface area contributed by atoms with Crippen LogP contribution in [0.4, 0.5) is 5.69 Å². The van der Waals surface area contributed by atoms with Gasteiger partial charge in [0.15, 0.2) is 0 Å². The number of fused-ring (bicyclic) bond motifs is 1. The minimum atomic E-state index is -0.470. The van der Waals surface area contributed by atoms with Crippen molar-refractivity contribution in [1.29, 1.82) is 0 Å². The average Bonchev–Trinajstić information content (AvgIpc) is 3.28. The molecule has 0 radical (unpaired) electrons. The van der Waals surface area contributed by atoms with Crippen LogP contribution in [-0.2, 0) is 6.42 Å². The Morgan fingerprint density at radius 1 is 1.17 bits per heavy atom. The summed E-state index contributed by atoms with van der Waals surface area (Å²) in [7, 11) is 0. The summed E-state index contributed by atoms with van der Waals surface area (Å²) in [6.45, 7) is 4.21. The highest BCUT2D eigenvalue weighted by Crippen LogP contribution is 2.18. The van der Waals surface area contributed by atoms with Crippen LogP contribution in [0.2, 0.25) is 0 Å². The van der Waals surface area contributed by atoms with Gasteiger partial charge in [0.1, 0.15) is 0 Å². The number of nitrogens with zero attached hydrogens (tertiary/aromatic N) is 3. The number of nitro benzene ring substituents is 1. The van der Waals surface area contributed by atoms with E-state index < -0.39 is 4.92 Å². The molecule has 4 aromatic rings. The zero-order valence-electron chi connectivity index (χ0n) is 16.7. The van der Waals surface area contributed by atoms with Crippen molar-refractivity contribution < 1.29 is 4.92 Å². The molecule has 30 heavy (non-hydrogen) atoms. The highest BCUT2D eigenvalue weighted by Gasteiger charge is 2.15. The molecule has 4 rings (SSSR count). The van der Waals surface area contributed by atoms with Crippen molar-refractivity contribution in [3.63, 3.8) is 0 Å². The van der Waals surface area contributed by atoms with Crippen molar-refractivity contribution in [2.24, 2.45) is 4.99 Å². The van der Waals surface area contributed by atoms with E-state index in [2.05, 4.69) is 21.1 Å². The number of aliphatic imine (C=N–C) groups is 1. The van der Waals surface area contributed by atoms with Gasteiger partial charge in [-0.2, -0.15) is 0 Å². The van der Waals surface area contributed by atoms with E-state index >= 15 is 0 Å². The predicted octanol–water partition coefficient (Wildman–Crippen LogP) is 3.92. The van der Waals surface area contributed by atoms with Gasteiger partial charge < -0.3 is 4.98 Å². The zero-order chi connectivity index (χ0) is 21.3. The number of rotatable bonds is 6. The third-order valence-corrected chi connectivity index (χ3v) is 5.16. The lowest BCUT2D eigenvalue weighted by molar-refractivity contribution is -0.384. The molecule has 0 unspecified atom stereocenters. The molecule has 0 saturated heterocycles. The molecule has 0 saturated carbocycles. The quantitative estimate of drug-likeness (QED) is 0.289. The summed E-state index contributed by atoms with van der Waals surface area (Å²) in [6, 6.07) is 14.0. The van der Waals surface area contributed by atoms with Crippen molar-refractivity contribution in [2.75, 3.05) is 6.54 Å². The van der Waals surface area contributed by atoms with Crippen LogP contribution in [0.3, 0.4) is 0 Å². The maximum Gasteiger partial charge on any atom is 0.280 e. The lowest BCUT2D eigenvalue weighted by Crippen LogP contribution is -2.20. The lowest BCUT2D eigenvalue weighted by atomic mass is 10.1. The first kappa shape index (κ1) is 19.4. The summed E-state index contributed by atoms with van der Waals surface area (Å²) >= 11 is 0. The van der Waals surface area contributed by atoms with Crippen molar-refractivity contribution >= 4 is 22.3 Å². The fourth-order valence-electron chi connectivity index (χ4n) is 3.64. The van der Waals surface area contributed by atoms with Crippen LogP contribution in [0, 0.1) is 17.0 Å². The van der Waals surface area contributed by atoms with Crippen molar-refractivity contribution in [2.45, 2.75) is 20.3 Å². The average molecular weight is 403 g/mol. The number of aromatic nitrogens is 3. The second-order valence-electron chi connectivity index (χ2n) is 7.10. The molecule has 0 amide bonds. The topological polar surface area (TPSA) is 109 Å². The first-order valence-electron chi connectivity index (χ1n) is 9.58. The Kier molecular flexibility index (Phi) is 5.05. The normalized spacial score (nSPS) is 11.9. The summed E-state index contributed by atoms with van der Waals surface area (Å²) < 4.78 is 1.38. The minimum absolute atomic E-state index is 0.0228. The number of hydrogen-bond acceptors (Lipinski definition) is 4. The van der Waals surface area contributed by atoms with Gasteiger partial charge in [-0.3, -0.25) is 25.0 Å². The second kappa shape index (κ2) is 7.82. The number of H-pyrrole nitrogens is 2. The Labute approximate surface area is 172 Å². The van der Waals surface area contributed by atoms with E-state index in [1.165, 1.54) is 27.8 Å². The summed E-state index contributed by atoms with van der Waals surface area (Å²) in [4.78, 5) is 31.2. The van der Waals surface area contributed by atoms with Crippen LogP contribution in [0.5, 0.6) is 0 Å². The van der Waals surface area contributed by atoms with E-state index in [9.17, 15) is 14.9 Å². The number of non-ortho nitro benzene ring substituents is 1. The molecular formula is C22H21N5O3. The Morgan fingerprint density at radius 3 is 2.63 bits per heavy atom. The summed E-state index contributed by atoms with van der Waals surface area (Å²) in [5.41, 5.74) is 4.46. The Morgan fingerprint density at radius 2 is 1.90 bits per heavy atom. The highest BCUT2D eigenvalue weighted by molar-refractivity contribution is 5.99. The zero-order valence-corrected chi connectivity index (χ0v) is 16.7. The SMILES string of the molecule is CC(=NCCc1c[nH]c2ccccc12)c1c(C)[nH]n(-c2ccc([N+](=O)[O-])cc2)c1=O. The summed E-state index contributed by atoms with van der Waals surface area (Å²) in [5.74, 6) is 0. The maximum atomic E-state index is 12.9. The van der Waals surface area contributed by atoms with Crippen LogP contribution >= 0.6 is 0 Å². The Bertz CT molecular complexity index is 1310. The largest absolute Gasteiger partial charge is 0.361 e. The summed E-state index contributed by atoms with van der Waals surface area (Å²) in [5, 5.41) is 15.1. The van der Waals surface area contributed by atoms with Gasteiger partial charge in [0, 0.05) is 47.2 Å². The number of hydrogen-bond donors (Lipinski definition) is 2. The molecule has 2 aromatic heterocycles. The van der Waals surface area contributed by atoms with Gasteiger partial charge in [-0.1, -0.05) is 18.2 Å². The molecule has 0 atom stereocenters. The molecule has 0 bridgehead atoms. The monoisotopic (exact) mass is 403 g/mol. The number of nitrogens with one attached hydrogen (secondary N) is 2. The van der Waals surface area contributed by atoms with Crippen LogP contribution in [0.1, 0.15) is 23.7 Å². The first-order chi connectivity index (χ1) is 14.5. The summed E-state index contributed by atoms with van der Waals surface area (Å²) in [6.07, 6.45) is 2.76. The number of nitro groups is 1. The third kappa shape index (κ3) is 3.55. The molecule has 8 heteroatoms. The fraction of sp³-hybridized carbons (Fsp3) is 0.182. The van der Waals surface area contributed by atoms with Crippen molar-refractivity contribution in [3.05, 3.63) is 92.0 Å². The standard InChI is InChI=1S/C22H21N5O3/c1-14(23-12-11-16-13-24-20-6-4-3-5-19(16)20)21-15(2)25-26(22(21)28)17-7-9-18(10-8-17)27(29)30/h3-10,13,24-25H,11-12H2,1-2H3. The molecular weight excluding hydrogens is 382 g/mol. The third-order valence-electron chi connectivity index (χ3n) is 5.16. The Hall–Kier alpha value is -3.94. The first-order valence-corrected chi connectivity index (χ1v) is 9.58. The van der Waals surface area contributed by atoms with E-state index in [4.69, 9.17) is 0 Å². The molecule has 0 aliphatic heterocycles. The van der Waals surface area contributed by atoms with Gasteiger partial charge in [-0.05, 0) is 44.0 Å². The van der Waals surface area contributed by atoms with Crippen molar-refractivity contribution in [1.82, 2.24) is 14.8 Å². The van der Waals surface area contributed by atoms with E-state index in [0.717, 1.165) is 11.9 Å². The maximum absolute atomic E-state index is 12.9. The Balaban J connectivity index is 1.56. The molecule has 0 aliphatic rings. The smallest absolute Gasteiger partial charge is 0.280 e. The van der Waals surface area contributed by atoms with E-state index in [-0.39, 0.29) is 11.2 Å². The van der Waals surface area contributed by atoms with Crippen LogP contribution in [-0.4, -0.2) is 31.9 Å². The molecule has 8 nitrogen and oxygen atoms in total.